The third-order valence-corrected chi connectivity index (χ3v) is 3.03. The lowest BCUT2D eigenvalue weighted by Gasteiger charge is -2.38. The molecule has 0 bridgehead atoms. The summed E-state index contributed by atoms with van der Waals surface area (Å²) in [6.07, 6.45) is 6.29. The first-order valence-electron chi connectivity index (χ1n) is 6.17. The second-order valence-electron chi connectivity index (χ2n) is 6.04. The number of carbonyl (C=O) groups is 2. The van der Waals surface area contributed by atoms with Crippen LogP contribution in [0.2, 0.25) is 0 Å². The molecule has 4 heteroatoms. The number of Topliss-reactive ketones (excluding diaryl/α,β-unsaturated/α-hetero) is 1. The van der Waals surface area contributed by atoms with Crippen LogP contribution in [0.3, 0.4) is 0 Å². The van der Waals surface area contributed by atoms with Crippen LogP contribution in [0.4, 0.5) is 4.79 Å². The molecule has 0 aliphatic carbocycles. The number of rotatable bonds is 1. The molecule has 4 nitrogen and oxygen atoms in total. The lowest BCUT2D eigenvalue weighted by atomic mass is 9.78. The molecule has 0 radical (unpaired) electrons. The molecule has 1 rings (SSSR count). The molecule has 0 saturated carbocycles. The van der Waals surface area contributed by atoms with Crippen molar-refractivity contribution in [2.45, 2.75) is 46.1 Å². The Morgan fingerprint density at radius 2 is 2.00 bits per heavy atom. The molecule has 1 heterocycles. The fourth-order valence-electron chi connectivity index (χ4n) is 2.08. The van der Waals surface area contributed by atoms with Gasteiger partial charge in [-0.25, -0.2) is 4.79 Å². The van der Waals surface area contributed by atoms with Crippen molar-refractivity contribution in [1.29, 1.82) is 0 Å². The Balaban J connectivity index is 2.73. The molecule has 0 spiro atoms. The first kappa shape index (κ1) is 14.6. The zero-order valence-corrected chi connectivity index (χ0v) is 11.6. The van der Waals surface area contributed by atoms with Crippen molar-refractivity contribution in [2.24, 2.45) is 5.41 Å². The Bertz CT molecular complexity index is 389. The van der Waals surface area contributed by atoms with Crippen molar-refractivity contribution in [2.75, 3.05) is 13.1 Å². The summed E-state index contributed by atoms with van der Waals surface area (Å²) in [5, 5.41) is 0. The Hall–Kier alpha value is -1.50. The molecule has 1 fully saturated rings. The summed E-state index contributed by atoms with van der Waals surface area (Å²) >= 11 is 0. The average molecular weight is 251 g/mol. The molecule has 0 aromatic carbocycles. The summed E-state index contributed by atoms with van der Waals surface area (Å²) in [7, 11) is 0. The normalized spacial score (nSPS) is 24.3. The van der Waals surface area contributed by atoms with Crippen LogP contribution in [-0.4, -0.2) is 35.5 Å². The first-order valence-corrected chi connectivity index (χ1v) is 6.17. The molecule has 18 heavy (non-hydrogen) atoms. The topological polar surface area (TPSA) is 46.6 Å². The van der Waals surface area contributed by atoms with Crippen LogP contribution in [0.1, 0.15) is 40.5 Å². The molecule has 100 valence electrons. The number of amides is 1. The maximum Gasteiger partial charge on any atom is 0.410 e. The van der Waals surface area contributed by atoms with Gasteiger partial charge >= 0.3 is 6.09 Å². The predicted octanol–water partition coefficient (Wildman–Crippen LogP) is 2.23. The van der Waals surface area contributed by atoms with Gasteiger partial charge in [0.05, 0.1) is 5.41 Å². The molecule has 1 aliphatic rings. The molecule has 1 aliphatic heterocycles. The van der Waals surface area contributed by atoms with Gasteiger partial charge in [-0.15, -0.1) is 6.42 Å². The van der Waals surface area contributed by atoms with E-state index >= 15 is 0 Å². The number of ketones is 1. The van der Waals surface area contributed by atoms with Crippen LogP contribution in [0, 0.1) is 17.8 Å². The van der Waals surface area contributed by atoms with Crippen LogP contribution in [-0.2, 0) is 9.53 Å². The molecule has 0 aromatic heterocycles. The summed E-state index contributed by atoms with van der Waals surface area (Å²) in [5.74, 6) is 1.93. The second kappa shape index (κ2) is 5.01. The van der Waals surface area contributed by atoms with E-state index in [9.17, 15) is 9.59 Å². The standard InChI is InChI=1S/C14H21NO3/c1-6-11(16)14(5)8-7-9-15(10-14)12(17)18-13(2,3)4/h1H,7-10H2,2-5H3. The maximum absolute atomic E-state index is 12.0. The minimum Gasteiger partial charge on any atom is -0.444 e. The van der Waals surface area contributed by atoms with Crippen LogP contribution in [0.5, 0.6) is 0 Å². The smallest absolute Gasteiger partial charge is 0.410 e. The summed E-state index contributed by atoms with van der Waals surface area (Å²) in [5.41, 5.74) is -1.16. The van der Waals surface area contributed by atoms with Crippen LogP contribution >= 0.6 is 0 Å². The fraction of sp³-hybridized carbons (Fsp3) is 0.714. The Labute approximate surface area is 109 Å². The van der Waals surface area contributed by atoms with Crippen molar-refractivity contribution in [3.05, 3.63) is 0 Å². The van der Waals surface area contributed by atoms with E-state index < -0.39 is 11.0 Å². The van der Waals surface area contributed by atoms with Gasteiger partial charge in [0, 0.05) is 13.1 Å². The highest BCUT2D eigenvalue weighted by Crippen LogP contribution is 2.31. The van der Waals surface area contributed by atoms with E-state index in [-0.39, 0.29) is 11.9 Å². The first-order chi connectivity index (χ1) is 8.18. The number of likely N-dealkylation sites (tertiary alicyclic amines) is 1. The minimum absolute atomic E-state index is 0.240. The number of piperidine rings is 1. The predicted molar refractivity (Wildman–Crippen MR) is 69.0 cm³/mol. The van der Waals surface area contributed by atoms with Gasteiger partial charge in [0.25, 0.3) is 0 Å². The molecule has 1 unspecified atom stereocenters. The summed E-state index contributed by atoms with van der Waals surface area (Å²) in [6, 6.07) is 0. The van der Waals surface area contributed by atoms with Gasteiger partial charge in [-0.3, -0.25) is 4.79 Å². The van der Waals surface area contributed by atoms with E-state index in [2.05, 4.69) is 5.92 Å². The van der Waals surface area contributed by atoms with Gasteiger partial charge in [0.2, 0.25) is 5.78 Å². The van der Waals surface area contributed by atoms with E-state index in [4.69, 9.17) is 11.2 Å². The average Bonchev–Trinajstić information content (AvgIpc) is 2.25. The number of hydrogen-bond acceptors (Lipinski definition) is 3. The van der Waals surface area contributed by atoms with E-state index in [1.165, 1.54) is 0 Å². The van der Waals surface area contributed by atoms with Crippen molar-refractivity contribution in [3.8, 4) is 12.3 Å². The SMILES string of the molecule is C#CC(=O)C1(C)CCCN(C(=O)OC(C)(C)C)C1. The highest BCUT2D eigenvalue weighted by atomic mass is 16.6. The van der Waals surface area contributed by atoms with E-state index in [0.29, 0.717) is 13.1 Å². The second-order valence-corrected chi connectivity index (χ2v) is 6.04. The molecule has 1 amide bonds. The lowest BCUT2D eigenvalue weighted by Crippen LogP contribution is -2.49. The van der Waals surface area contributed by atoms with Gasteiger partial charge in [0.1, 0.15) is 5.60 Å². The largest absolute Gasteiger partial charge is 0.444 e. The lowest BCUT2D eigenvalue weighted by molar-refractivity contribution is -0.124. The molecule has 1 saturated heterocycles. The fourth-order valence-corrected chi connectivity index (χ4v) is 2.08. The summed E-state index contributed by atoms with van der Waals surface area (Å²) in [6.45, 7) is 8.22. The van der Waals surface area contributed by atoms with Crippen molar-refractivity contribution < 1.29 is 14.3 Å². The van der Waals surface area contributed by atoms with E-state index in [1.807, 2.05) is 27.7 Å². The highest BCUT2D eigenvalue weighted by molar-refractivity contribution is 5.99. The van der Waals surface area contributed by atoms with Gasteiger partial charge in [-0.1, -0.05) is 0 Å². The molecule has 0 N–H and O–H groups in total. The quantitative estimate of drug-likeness (QED) is 0.530. The Kier molecular flexibility index (Phi) is 4.05. The zero-order chi connectivity index (χ0) is 14.0. The molecular weight excluding hydrogens is 230 g/mol. The van der Waals surface area contributed by atoms with Crippen molar-refractivity contribution >= 4 is 11.9 Å². The third kappa shape index (κ3) is 3.49. The van der Waals surface area contributed by atoms with E-state index in [1.54, 1.807) is 4.90 Å². The molecule has 1 atom stereocenters. The number of carbonyl (C=O) groups excluding carboxylic acids is 2. The van der Waals surface area contributed by atoms with Gasteiger partial charge in [0.15, 0.2) is 0 Å². The van der Waals surface area contributed by atoms with Crippen LogP contribution < -0.4 is 0 Å². The monoisotopic (exact) mass is 251 g/mol. The maximum atomic E-state index is 12.0. The van der Waals surface area contributed by atoms with Crippen LogP contribution in [0.15, 0.2) is 0 Å². The van der Waals surface area contributed by atoms with E-state index in [0.717, 1.165) is 12.8 Å². The number of terminal acetylenes is 1. The molecular formula is C14H21NO3. The number of ether oxygens (including phenoxy) is 1. The van der Waals surface area contributed by atoms with Gasteiger partial charge in [-0.2, -0.15) is 0 Å². The summed E-state index contributed by atoms with van der Waals surface area (Å²) < 4.78 is 5.31. The highest BCUT2D eigenvalue weighted by Gasteiger charge is 2.39. The Morgan fingerprint density at radius 1 is 1.39 bits per heavy atom. The van der Waals surface area contributed by atoms with Gasteiger partial charge < -0.3 is 9.64 Å². The summed E-state index contributed by atoms with van der Waals surface area (Å²) in [4.78, 5) is 25.3. The van der Waals surface area contributed by atoms with Crippen molar-refractivity contribution in [1.82, 2.24) is 4.90 Å². The number of nitrogens with zero attached hydrogens (tertiary/aromatic N) is 1. The minimum atomic E-state index is -0.635. The third-order valence-electron chi connectivity index (χ3n) is 3.03. The van der Waals surface area contributed by atoms with Gasteiger partial charge in [-0.05, 0) is 46.5 Å². The molecule has 0 aromatic rings. The zero-order valence-electron chi connectivity index (χ0n) is 11.6. The van der Waals surface area contributed by atoms with Crippen LogP contribution in [0.25, 0.3) is 0 Å². The number of hydrogen-bond donors (Lipinski definition) is 0. The Morgan fingerprint density at radius 3 is 2.50 bits per heavy atom. The van der Waals surface area contributed by atoms with Crippen molar-refractivity contribution in [3.63, 3.8) is 0 Å².